The molecule has 0 fully saturated rings. The fourth-order valence-electron chi connectivity index (χ4n) is 0. The molecule has 0 radical (unpaired) electrons. The first-order valence-corrected chi connectivity index (χ1v) is 1.84. The summed E-state index contributed by atoms with van der Waals surface area (Å²) in [4.78, 5) is 2.00. The molecule has 0 saturated heterocycles. The molecule has 0 aromatic carbocycles. The fraction of sp³-hybridized carbons (Fsp3) is 0.750. The minimum absolute atomic E-state index is 1.25. The third kappa shape index (κ3) is 137. The summed E-state index contributed by atoms with van der Waals surface area (Å²) in [6.45, 7) is 0. The molecule has 2 N–H and O–H groups in total. The third-order valence-corrected chi connectivity index (χ3v) is 0. The largest absolute Gasteiger partial charge is 0.312 e. The summed E-state index contributed by atoms with van der Waals surface area (Å²) in [6.07, 6.45) is 0. The Hall–Kier alpha value is -0.660. The molecule has 0 aromatic rings. The van der Waals surface area contributed by atoms with E-state index in [2.05, 4.69) is 0 Å². The second-order valence-electron chi connectivity index (χ2n) is 1.47. The highest BCUT2D eigenvalue weighted by Crippen LogP contribution is 1.47. The number of nitrogens with one attached hydrogen (secondary N) is 2. The van der Waals surface area contributed by atoms with Gasteiger partial charge in [0, 0.05) is 0 Å². The third-order valence-electron chi connectivity index (χ3n) is 0. The van der Waals surface area contributed by atoms with Gasteiger partial charge in [-0.25, -0.2) is 10.8 Å². The van der Waals surface area contributed by atoms with Crippen molar-refractivity contribution in [3.8, 4) is 0 Å². The highest BCUT2D eigenvalue weighted by atomic mass is 15.0. The van der Waals surface area contributed by atoms with E-state index in [4.69, 9.17) is 10.8 Å². The van der Waals surface area contributed by atoms with Crippen molar-refractivity contribution in [3.05, 3.63) is 0 Å². The van der Waals surface area contributed by atoms with Crippen LogP contribution in [0.5, 0.6) is 0 Å². The summed E-state index contributed by atoms with van der Waals surface area (Å²) in [6, 6.07) is 1.25. The van der Waals surface area contributed by atoms with Crippen LogP contribution in [0, 0.1) is 10.8 Å². The summed E-state index contributed by atoms with van der Waals surface area (Å²) < 4.78 is 0. The lowest BCUT2D eigenvalue weighted by molar-refractivity contribution is 0.505. The van der Waals surface area contributed by atoms with E-state index < -0.39 is 0 Å². The van der Waals surface area contributed by atoms with E-state index in [0.29, 0.717) is 0 Å². The quantitative estimate of drug-likeness (QED) is 0.429. The molecule has 7 heavy (non-hydrogen) atoms. The van der Waals surface area contributed by atoms with Crippen molar-refractivity contribution in [1.82, 2.24) is 4.90 Å². The SMILES string of the molecule is CN(C)C.N=C=N. The molecule has 3 heteroatoms. The number of hydrogen-bond donors (Lipinski definition) is 2. The van der Waals surface area contributed by atoms with Crippen molar-refractivity contribution in [3.63, 3.8) is 0 Å². The van der Waals surface area contributed by atoms with Gasteiger partial charge in [0.1, 0.15) is 0 Å². The first-order chi connectivity index (χ1) is 3.15. The normalized spacial score (nSPS) is 6.29. The van der Waals surface area contributed by atoms with E-state index in [1.807, 2.05) is 26.0 Å². The molecule has 0 rings (SSSR count). The van der Waals surface area contributed by atoms with Crippen molar-refractivity contribution in [1.29, 1.82) is 10.8 Å². The molecular formula is C4H11N3. The summed E-state index contributed by atoms with van der Waals surface area (Å²) in [7, 11) is 6.00. The van der Waals surface area contributed by atoms with E-state index in [-0.39, 0.29) is 0 Å². The van der Waals surface area contributed by atoms with Crippen molar-refractivity contribution in [2.45, 2.75) is 0 Å². The van der Waals surface area contributed by atoms with E-state index in [9.17, 15) is 0 Å². The van der Waals surface area contributed by atoms with Crippen LogP contribution in [0.25, 0.3) is 0 Å². The van der Waals surface area contributed by atoms with Crippen molar-refractivity contribution in [2.24, 2.45) is 0 Å². The second kappa shape index (κ2) is 9.02. The maximum absolute atomic E-state index is 5.62. The van der Waals surface area contributed by atoms with Crippen molar-refractivity contribution >= 4 is 6.01 Å². The zero-order chi connectivity index (χ0) is 6.28. The minimum atomic E-state index is 1.25. The van der Waals surface area contributed by atoms with Crippen molar-refractivity contribution < 1.29 is 0 Å². The van der Waals surface area contributed by atoms with Crippen LogP contribution in [-0.2, 0) is 0 Å². The number of rotatable bonds is 0. The Labute approximate surface area is 44.0 Å². The van der Waals surface area contributed by atoms with Crippen LogP contribution < -0.4 is 0 Å². The van der Waals surface area contributed by atoms with Gasteiger partial charge in [-0.3, -0.25) is 0 Å². The van der Waals surface area contributed by atoms with Gasteiger partial charge in [0.15, 0.2) is 0 Å². The molecule has 0 aromatic heterocycles. The monoisotopic (exact) mass is 101 g/mol. The highest BCUT2D eigenvalue weighted by molar-refractivity contribution is 5.29. The molecule has 0 aliphatic carbocycles. The predicted octanol–water partition coefficient (Wildman–Crippen LogP) is 0.496. The average molecular weight is 101 g/mol. The Morgan fingerprint density at radius 2 is 1.14 bits per heavy atom. The lowest BCUT2D eigenvalue weighted by Crippen LogP contribution is -1.99. The number of hydrogen-bond acceptors (Lipinski definition) is 3. The molecule has 0 aliphatic rings. The zero-order valence-corrected chi connectivity index (χ0v) is 4.95. The fourth-order valence-corrected chi connectivity index (χ4v) is 0. The lowest BCUT2D eigenvalue weighted by atomic mass is 11.0. The molecule has 0 unspecified atom stereocenters. The minimum Gasteiger partial charge on any atom is -0.312 e. The molecule has 0 saturated carbocycles. The van der Waals surface area contributed by atoms with E-state index in [0.717, 1.165) is 0 Å². The van der Waals surface area contributed by atoms with E-state index in [1.165, 1.54) is 6.01 Å². The molecule has 0 aliphatic heterocycles. The molecule has 0 spiro atoms. The summed E-state index contributed by atoms with van der Waals surface area (Å²) in [5.41, 5.74) is 0. The molecule has 3 nitrogen and oxygen atoms in total. The molecule has 0 atom stereocenters. The second-order valence-corrected chi connectivity index (χ2v) is 1.47. The predicted molar refractivity (Wildman–Crippen MR) is 30.1 cm³/mol. The maximum Gasteiger partial charge on any atom is 0.0831 e. The van der Waals surface area contributed by atoms with E-state index >= 15 is 0 Å². The topological polar surface area (TPSA) is 50.9 Å². The van der Waals surface area contributed by atoms with E-state index in [1.54, 1.807) is 0 Å². The molecule has 0 heterocycles. The van der Waals surface area contributed by atoms with Crippen LogP contribution in [0.15, 0.2) is 0 Å². The van der Waals surface area contributed by atoms with Gasteiger partial charge >= 0.3 is 0 Å². The van der Waals surface area contributed by atoms with Gasteiger partial charge in [0.25, 0.3) is 0 Å². The van der Waals surface area contributed by atoms with Gasteiger partial charge in [0.05, 0.1) is 6.01 Å². The summed E-state index contributed by atoms with van der Waals surface area (Å²) in [5.74, 6) is 0. The first kappa shape index (κ1) is 9.60. The zero-order valence-electron chi connectivity index (χ0n) is 4.95. The molecule has 0 bridgehead atoms. The Kier molecular flexibility index (Phi) is 12.4. The summed E-state index contributed by atoms with van der Waals surface area (Å²) >= 11 is 0. The maximum atomic E-state index is 5.62. The molecular weight excluding hydrogens is 90.1 g/mol. The van der Waals surface area contributed by atoms with Crippen LogP contribution in [0.3, 0.4) is 0 Å². The van der Waals surface area contributed by atoms with Gasteiger partial charge in [-0.05, 0) is 21.1 Å². The van der Waals surface area contributed by atoms with Gasteiger partial charge in [0.2, 0.25) is 0 Å². The van der Waals surface area contributed by atoms with Crippen LogP contribution in [0.2, 0.25) is 0 Å². The molecule has 42 valence electrons. The highest BCUT2D eigenvalue weighted by Gasteiger charge is 1.58. The Balaban J connectivity index is 0. The van der Waals surface area contributed by atoms with Crippen LogP contribution in [0.1, 0.15) is 0 Å². The summed E-state index contributed by atoms with van der Waals surface area (Å²) in [5, 5.41) is 11.2. The van der Waals surface area contributed by atoms with Gasteiger partial charge in [-0.2, -0.15) is 0 Å². The average Bonchev–Trinajstić information content (AvgIpc) is 1.33. The van der Waals surface area contributed by atoms with Crippen molar-refractivity contribution in [2.75, 3.05) is 21.1 Å². The smallest absolute Gasteiger partial charge is 0.0831 e. The van der Waals surface area contributed by atoms with Crippen LogP contribution in [-0.4, -0.2) is 32.1 Å². The Bertz CT molecular complexity index is 49.2. The van der Waals surface area contributed by atoms with Gasteiger partial charge < -0.3 is 4.90 Å². The van der Waals surface area contributed by atoms with Gasteiger partial charge in [-0.1, -0.05) is 0 Å². The standard InChI is InChI=1S/C3H9N.CH2N2/c1-4(2)3;2-1-3/h1-3H3;2-3H. The Morgan fingerprint density at radius 3 is 1.14 bits per heavy atom. The molecule has 0 amide bonds. The van der Waals surface area contributed by atoms with Crippen LogP contribution in [0.4, 0.5) is 0 Å². The first-order valence-electron chi connectivity index (χ1n) is 1.84. The van der Waals surface area contributed by atoms with Crippen LogP contribution >= 0.6 is 0 Å². The number of nitrogens with zero attached hydrogens (tertiary/aromatic N) is 1. The Morgan fingerprint density at radius 1 is 1.14 bits per heavy atom. The lowest BCUT2D eigenvalue weighted by Gasteiger charge is -1.90. The van der Waals surface area contributed by atoms with Gasteiger partial charge in [-0.15, -0.1) is 0 Å².